The maximum Gasteiger partial charge on any atom is 0.336 e. The van der Waals surface area contributed by atoms with Crippen molar-refractivity contribution >= 4 is 5.97 Å². The Labute approximate surface area is 101 Å². The Hall–Kier alpha value is -1.55. The number of phenols is 1. The zero-order valence-corrected chi connectivity index (χ0v) is 10.3. The van der Waals surface area contributed by atoms with Gasteiger partial charge in [0, 0.05) is 12.1 Å². The number of carboxylic acids is 1. The normalized spacial score (nSPS) is 10.8. The van der Waals surface area contributed by atoms with Gasteiger partial charge in [-0.05, 0) is 31.6 Å². The number of phenolic OH excluding ortho intramolecular Hbond substituents is 1. The fourth-order valence-electron chi connectivity index (χ4n) is 1.85. The van der Waals surface area contributed by atoms with Crippen LogP contribution in [0.1, 0.15) is 29.8 Å². The quantitative estimate of drug-likeness (QED) is 0.794. The minimum Gasteiger partial charge on any atom is -0.508 e. The Morgan fingerprint density at radius 1 is 1.29 bits per heavy atom. The molecule has 94 valence electrons. The summed E-state index contributed by atoms with van der Waals surface area (Å²) in [5.41, 5.74) is 0.712. The number of aromatic carboxylic acids is 1. The molecule has 0 fully saturated rings. The number of hydrogen-bond donors (Lipinski definition) is 2. The minimum absolute atomic E-state index is 0.0667. The van der Waals surface area contributed by atoms with Crippen LogP contribution in [-0.4, -0.2) is 40.7 Å². The molecule has 0 saturated heterocycles. The first kappa shape index (κ1) is 13.5. The van der Waals surface area contributed by atoms with Crippen molar-refractivity contribution in [3.63, 3.8) is 0 Å². The molecule has 2 N–H and O–H groups in total. The van der Waals surface area contributed by atoms with Gasteiger partial charge in [-0.25, -0.2) is 4.79 Å². The number of likely N-dealkylation sites (N-methyl/N-ethyl adjacent to an activating group) is 1. The average Bonchev–Trinajstić information content (AvgIpc) is 2.31. The summed E-state index contributed by atoms with van der Waals surface area (Å²) in [4.78, 5) is 13.2. The third kappa shape index (κ3) is 3.46. The third-order valence-electron chi connectivity index (χ3n) is 2.95. The predicted octanol–water partition coefficient (Wildman–Crippen LogP) is 1.97. The Morgan fingerprint density at radius 3 is 2.47 bits per heavy atom. The van der Waals surface area contributed by atoms with Crippen molar-refractivity contribution in [1.29, 1.82) is 0 Å². The molecule has 0 amide bonds. The summed E-state index contributed by atoms with van der Waals surface area (Å²) in [7, 11) is 0. The van der Waals surface area contributed by atoms with Crippen LogP contribution >= 0.6 is 0 Å². The van der Waals surface area contributed by atoms with Crippen LogP contribution < -0.4 is 0 Å². The first-order valence-electron chi connectivity index (χ1n) is 5.86. The van der Waals surface area contributed by atoms with Crippen molar-refractivity contribution in [3.8, 4) is 5.75 Å². The molecule has 0 aromatic heterocycles. The molecule has 0 unspecified atom stereocenters. The zero-order valence-electron chi connectivity index (χ0n) is 10.3. The van der Waals surface area contributed by atoms with Crippen LogP contribution in [0.25, 0.3) is 0 Å². The molecule has 0 spiro atoms. The molecule has 1 rings (SSSR count). The molecule has 0 bridgehead atoms. The van der Waals surface area contributed by atoms with E-state index >= 15 is 0 Å². The molecule has 0 radical (unpaired) electrons. The molecule has 0 atom stereocenters. The molecule has 0 saturated carbocycles. The summed E-state index contributed by atoms with van der Waals surface area (Å²) in [5, 5.41) is 18.8. The van der Waals surface area contributed by atoms with E-state index in [2.05, 4.69) is 18.7 Å². The summed E-state index contributed by atoms with van der Waals surface area (Å²) < 4.78 is 0. The fourth-order valence-corrected chi connectivity index (χ4v) is 1.85. The summed E-state index contributed by atoms with van der Waals surface area (Å²) in [6, 6.07) is 4.61. The molecule has 17 heavy (non-hydrogen) atoms. The number of aromatic hydroxyl groups is 1. The first-order valence-corrected chi connectivity index (χ1v) is 5.86. The van der Waals surface area contributed by atoms with Crippen molar-refractivity contribution in [3.05, 3.63) is 29.3 Å². The van der Waals surface area contributed by atoms with Crippen LogP contribution in [0.15, 0.2) is 18.2 Å². The van der Waals surface area contributed by atoms with Crippen molar-refractivity contribution < 1.29 is 15.0 Å². The highest BCUT2D eigenvalue weighted by atomic mass is 16.4. The van der Waals surface area contributed by atoms with Crippen molar-refractivity contribution in [1.82, 2.24) is 4.90 Å². The lowest BCUT2D eigenvalue weighted by molar-refractivity contribution is 0.0695. The molecule has 0 aliphatic heterocycles. The lowest BCUT2D eigenvalue weighted by Crippen LogP contribution is -2.25. The van der Waals surface area contributed by atoms with Crippen LogP contribution in [-0.2, 0) is 6.42 Å². The molecular weight excluding hydrogens is 218 g/mol. The van der Waals surface area contributed by atoms with Gasteiger partial charge in [0.15, 0.2) is 0 Å². The summed E-state index contributed by atoms with van der Waals surface area (Å²) >= 11 is 0. The van der Waals surface area contributed by atoms with Gasteiger partial charge in [0.25, 0.3) is 0 Å². The van der Waals surface area contributed by atoms with Crippen LogP contribution in [0.4, 0.5) is 0 Å². The Balaban J connectivity index is 2.85. The number of carboxylic acid groups (broad SMARTS) is 1. The molecule has 0 aliphatic rings. The van der Waals surface area contributed by atoms with E-state index in [1.54, 1.807) is 6.07 Å². The highest BCUT2D eigenvalue weighted by Crippen LogP contribution is 2.21. The third-order valence-corrected chi connectivity index (χ3v) is 2.95. The monoisotopic (exact) mass is 237 g/mol. The van der Waals surface area contributed by atoms with Crippen molar-refractivity contribution in [2.24, 2.45) is 0 Å². The standard InChI is InChI=1S/C13H19NO3/c1-3-14(4-2)9-8-10-11(13(16)17)6-5-7-12(10)15/h5-7,15H,3-4,8-9H2,1-2H3,(H,16,17). The molecule has 0 aliphatic carbocycles. The van der Waals surface area contributed by atoms with Gasteiger partial charge in [-0.15, -0.1) is 0 Å². The second-order valence-electron chi connectivity index (χ2n) is 3.89. The van der Waals surface area contributed by atoms with Gasteiger partial charge in [-0.2, -0.15) is 0 Å². The van der Waals surface area contributed by atoms with E-state index in [-0.39, 0.29) is 11.3 Å². The lowest BCUT2D eigenvalue weighted by Gasteiger charge is -2.18. The molecule has 4 heteroatoms. The number of nitrogens with zero attached hydrogens (tertiary/aromatic N) is 1. The first-order chi connectivity index (χ1) is 8.10. The topological polar surface area (TPSA) is 60.8 Å². The van der Waals surface area contributed by atoms with Gasteiger partial charge in [0.05, 0.1) is 5.56 Å². The van der Waals surface area contributed by atoms with E-state index in [0.29, 0.717) is 12.0 Å². The van der Waals surface area contributed by atoms with E-state index in [0.717, 1.165) is 19.6 Å². The van der Waals surface area contributed by atoms with Gasteiger partial charge in [0.1, 0.15) is 5.75 Å². The summed E-state index contributed by atoms with van der Waals surface area (Å²) in [5.74, 6) is -0.924. The molecule has 1 aromatic carbocycles. The van der Waals surface area contributed by atoms with Gasteiger partial charge in [-0.1, -0.05) is 19.9 Å². The van der Waals surface area contributed by atoms with E-state index in [4.69, 9.17) is 5.11 Å². The highest BCUT2D eigenvalue weighted by molar-refractivity contribution is 5.90. The second kappa shape index (κ2) is 6.25. The van der Waals surface area contributed by atoms with Crippen LogP contribution in [0.3, 0.4) is 0 Å². The number of rotatable bonds is 6. The molecular formula is C13H19NO3. The number of benzene rings is 1. The second-order valence-corrected chi connectivity index (χ2v) is 3.89. The van der Waals surface area contributed by atoms with E-state index in [1.807, 2.05) is 0 Å². The number of carbonyl (C=O) groups is 1. The maximum absolute atomic E-state index is 11.0. The Bertz CT molecular complexity index is 386. The smallest absolute Gasteiger partial charge is 0.336 e. The maximum atomic E-state index is 11.0. The van der Waals surface area contributed by atoms with Crippen LogP contribution in [0, 0.1) is 0 Å². The van der Waals surface area contributed by atoms with Crippen molar-refractivity contribution in [2.45, 2.75) is 20.3 Å². The Kier molecular flexibility index (Phi) is 4.97. The van der Waals surface area contributed by atoms with Gasteiger partial charge < -0.3 is 15.1 Å². The molecule has 4 nitrogen and oxygen atoms in total. The Morgan fingerprint density at radius 2 is 1.94 bits per heavy atom. The molecule has 0 heterocycles. The summed E-state index contributed by atoms with van der Waals surface area (Å²) in [6.07, 6.45) is 0.552. The van der Waals surface area contributed by atoms with E-state index in [9.17, 15) is 9.90 Å². The fraction of sp³-hybridized carbons (Fsp3) is 0.462. The SMILES string of the molecule is CCN(CC)CCc1c(O)cccc1C(=O)O. The van der Waals surface area contributed by atoms with E-state index in [1.165, 1.54) is 12.1 Å². The predicted molar refractivity (Wildman–Crippen MR) is 66.6 cm³/mol. The van der Waals surface area contributed by atoms with Crippen LogP contribution in [0.5, 0.6) is 5.75 Å². The zero-order chi connectivity index (χ0) is 12.8. The van der Waals surface area contributed by atoms with Crippen LogP contribution in [0.2, 0.25) is 0 Å². The largest absolute Gasteiger partial charge is 0.508 e. The molecule has 1 aromatic rings. The average molecular weight is 237 g/mol. The van der Waals surface area contributed by atoms with Gasteiger partial charge in [0.2, 0.25) is 0 Å². The van der Waals surface area contributed by atoms with Crippen molar-refractivity contribution in [2.75, 3.05) is 19.6 Å². The lowest BCUT2D eigenvalue weighted by atomic mass is 10.0. The minimum atomic E-state index is -0.990. The van der Waals surface area contributed by atoms with E-state index < -0.39 is 5.97 Å². The number of hydrogen-bond acceptors (Lipinski definition) is 3. The highest BCUT2D eigenvalue weighted by Gasteiger charge is 2.14. The summed E-state index contributed by atoms with van der Waals surface area (Å²) in [6.45, 7) is 6.72. The van der Waals surface area contributed by atoms with Gasteiger partial charge >= 0.3 is 5.97 Å². The van der Waals surface area contributed by atoms with Gasteiger partial charge in [-0.3, -0.25) is 0 Å².